The predicted molar refractivity (Wildman–Crippen MR) is 49.8 cm³/mol. The minimum atomic E-state index is -6.09. The highest BCUT2D eigenvalue weighted by atomic mass is 127. The molecule has 0 aromatic rings. The van der Waals surface area contributed by atoms with E-state index in [4.69, 9.17) is 5.11 Å². The first-order valence-corrected chi connectivity index (χ1v) is 4.84. The van der Waals surface area contributed by atoms with Crippen LogP contribution < -0.4 is 0 Å². The minimum Gasteiger partial charge on any atom is -0.396 e. The maximum Gasteiger partial charge on any atom is 0.435 e. The SMILES string of the molecule is OCCC(I)=CC(F)(C(F)(F)F)C(F)(F)F. The van der Waals surface area contributed by atoms with Crippen molar-refractivity contribution in [1.29, 1.82) is 0 Å². The second-order valence-electron chi connectivity index (χ2n) is 2.77. The van der Waals surface area contributed by atoms with Crippen LogP contribution in [0.3, 0.4) is 0 Å². The van der Waals surface area contributed by atoms with Gasteiger partial charge in [0.05, 0.1) is 0 Å². The highest BCUT2D eigenvalue weighted by Crippen LogP contribution is 2.48. The lowest BCUT2D eigenvalue weighted by Crippen LogP contribution is -2.51. The van der Waals surface area contributed by atoms with Gasteiger partial charge in [0.25, 0.3) is 0 Å². The summed E-state index contributed by atoms with van der Waals surface area (Å²) in [5.41, 5.74) is -5.38. The van der Waals surface area contributed by atoms with Crippen LogP contribution in [0, 0.1) is 0 Å². The molecule has 0 saturated carbocycles. The number of rotatable bonds is 3. The minimum absolute atomic E-state index is 0.474. The molecular formula is C7H6F7IO. The molecule has 0 radical (unpaired) electrons. The summed E-state index contributed by atoms with van der Waals surface area (Å²) in [7, 11) is 0. The molecule has 96 valence electrons. The maximum absolute atomic E-state index is 13.0. The average Bonchev–Trinajstić information content (AvgIpc) is 1.99. The monoisotopic (exact) mass is 366 g/mol. The normalized spacial score (nSPS) is 15.4. The topological polar surface area (TPSA) is 20.2 Å². The van der Waals surface area contributed by atoms with E-state index < -0.39 is 40.7 Å². The molecule has 0 aromatic carbocycles. The van der Waals surface area contributed by atoms with Gasteiger partial charge in [0.15, 0.2) is 0 Å². The zero-order valence-corrected chi connectivity index (χ0v) is 9.62. The van der Waals surface area contributed by atoms with Crippen molar-refractivity contribution in [3.05, 3.63) is 9.66 Å². The second kappa shape index (κ2) is 5.07. The maximum atomic E-state index is 13.0. The van der Waals surface area contributed by atoms with Crippen LogP contribution in [-0.2, 0) is 0 Å². The van der Waals surface area contributed by atoms with E-state index in [1.165, 1.54) is 0 Å². The number of aliphatic hydroxyl groups is 1. The van der Waals surface area contributed by atoms with Gasteiger partial charge in [-0.15, -0.1) is 0 Å². The van der Waals surface area contributed by atoms with E-state index >= 15 is 0 Å². The van der Waals surface area contributed by atoms with Crippen molar-refractivity contribution >= 4 is 22.6 Å². The van der Waals surface area contributed by atoms with Gasteiger partial charge in [0.2, 0.25) is 0 Å². The molecule has 0 bridgehead atoms. The average molecular weight is 366 g/mol. The van der Waals surface area contributed by atoms with Gasteiger partial charge in [-0.2, -0.15) is 26.3 Å². The Morgan fingerprint density at radius 2 is 1.38 bits per heavy atom. The number of halogens is 8. The third-order valence-corrected chi connectivity index (χ3v) is 2.38. The van der Waals surface area contributed by atoms with E-state index in [0.717, 1.165) is 22.6 Å². The Bertz CT molecular complexity index is 253. The first-order valence-electron chi connectivity index (χ1n) is 3.76. The molecule has 0 aliphatic heterocycles. The number of alkyl halides is 7. The molecule has 16 heavy (non-hydrogen) atoms. The van der Waals surface area contributed by atoms with Crippen LogP contribution in [0.4, 0.5) is 30.7 Å². The quantitative estimate of drug-likeness (QED) is 0.599. The standard InChI is InChI=1S/C7H6F7IO/c8-5(6(9,10)11,7(12,13)14)3-4(15)1-2-16/h3,16H,1-2H2. The Labute approximate surface area is 99.5 Å². The number of aliphatic hydroxyl groups excluding tert-OH is 1. The molecule has 1 nitrogen and oxygen atoms in total. The first-order chi connectivity index (χ1) is 6.95. The van der Waals surface area contributed by atoms with Gasteiger partial charge in [-0.25, -0.2) is 4.39 Å². The summed E-state index contributed by atoms with van der Waals surface area (Å²) in [6, 6.07) is 0. The van der Waals surface area contributed by atoms with Crippen molar-refractivity contribution in [2.24, 2.45) is 0 Å². The molecule has 0 heterocycles. The summed E-state index contributed by atoms with van der Waals surface area (Å²) < 4.78 is 84.4. The van der Waals surface area contributed by atoms with Crippen LogP contribution in [0.15, 0.2) is 9.66 Å². The first kappa shape index (κ1) is 15.9. The molecule has 0 rings (SSSR count). The van der Waals surface area contributed by atoms with Crippen LogP contribution in [-0.4, -0.2) is 29.7 Å². The van der Waals surface area contributed by atoms with Crippen LogP contribution in [0.2, 0.25) is 0 Å². The van der Waals surface area contributed by atoms with E-state index in [0.29, 0.717) is 0 Å². The van der Waals surface area contributed by atoms with Gasteiger partial charge < -0.3 is 5.11 Å². The van der Waals surface area contributed by atoms with E-state index in [2.05, 4.69) is 0 Å². The third-order valence-electron chi connectivity index (χ3n) is 1.53. The summed E-state index contributed by atoms with van der Waals surface area (Å²) in [5, 5.41) is 8.31. The van der Waals surface area contributed by atoms with Gasteiger partial charge in [-0.05, 0) is 32.2 Å². The molecule has 0 aliphatic carbocycles. The fourth-order valence-electron chi connectivity index (χ4n) is 0.719. The van der Waals surface area contributed by atoms with Gasteiger partial charge >= 0.3 is 18.0 Å². The number of hydrogen-bond acceptors (Lipinski definition) is 1. The molecule has 9 heteroatoms. The van der Waals surface area contributed by atoms with Crippen molar-refractivity contribution in [3.63, 3.8) is 0 Å². The van der Waals surface area contributed by atoms with E-state index in [-0.39, 0.29) is 0 Å². The zero-order chi connectivity index (χ0) is 13.2. The summed E-state index contributed by atoms with van der Waals surface area (Å²) >= 11 is 1.11. The second-order valence-corrected chi connectivity index (χ2v) is 4.16. The molecule has 1 N–H and O–H groups in total. The van der Waals surface area contributed by atoms with Crippen LogP contribution in [0.1, 0.15) is 6.42 Å². The summed E-state index contributed by atoms with van der Waals surface area (Å²) in [5.74, 6) is 0. The fraction of sp³-hybridized carbons (Fsp3) is 0.714. The Hall–Kier alpha value is -0.0600. The molecule has 0 aliphatic rings. The van der Waals surface area contributed by atoms with Gasteiger partial charge in [0.1, 0.15) is 0 Å². The Morgan fingerprint density at radius 1 is 1.00 bits per heavy atom. The fourth-order valence-corrected chi connectivity index (χ4v) is 1.39. The number of allylic oxidation sites excluding steroid dienone is 1. The highest BCUT2D eigenvalue weighted by Gasteiger charge is 2.71. The predicted octanol–water partition coefficient (Wildman–Crippen LogP) is 3.52. The Balaban J connectivity index is 5.37. The lowest BCUT2D eigenvalue weighted by atomic mass is 10.0. The van der Waals surface area contributed by atoms with Gasteiger partial charge in [-0.1, -0.05) is 0 Å². The Kier molecular flexibility index (Phi) is 5.05. The van der Waals surface area contributed by atoms with Crippen LogP contribution >= 0.6 is 22.6 Å². The molecule has 0 amide bonds. The van der Waals surface area contributed by atoms with Crippen LogP contribution in [0.5, 0.6) is 0 Å². The van der Waals surface area contributed by atoms with Gasteiger partial charge in [-0.3, -0.25) is 0 Å². The van der Waals surface area contributed by atoms with E-state index in [1.54, 1.807) is 0 Å². The summed E-state index contributed by atoms with van der Waals surface area (Å²) in [6.45, 7) is -0.666. The number of hydrogen-bond donors (Lipinski definition) is 1. The molecular weight excluding hydrogens is 360 g/mol. The lowest BCUT2D eigenvalue weighted by Gasteiger charge is -2.27. The third kappa shape index (κ3) is 3.47. The molecule has 0 unspecified atom stereocenters. The van der Waals surface area contributed by atoms with Crippen molar-refractivity contribution in [2.45, 2.75) is 24.4 Å². The summed E-state index contributed by atoms with van der Waals surface area (Å²) in [4.78, 5) is 0. The molecule has 0 saturated heterocycles. The molecule has 0 spiro atoms. The zero-order valence-electron chi connectivity index (χ0n) is 7.46. The van der Waals surface area contributed by atoms with Crippen molar-refractivity contribution < 1.29 is 35.8 Å². The van der Waals surface area contributed by atoms with E-state index in [9.17, 15) is 30.7 Å². The summed E-state index contributed by atoms with van der Waals surface area (Å²) in [6.07, 6.45) is -13.2. The van der Waals surface area contributed by atoms with Crippen molar-refractivity contribution in [2.75, 3.05) is 6.61 Å². The lowest BCUT2D eigenvalue weighted by molar-refractivity contribution is -0.322. The smallest absolute Gasteiger partial charge is 0.396 e. The van der Waals surface area contributed by atoms with Crippen molar-refractivity contribution in [3.8, 4) is 0 Å². The van der Waals surface area contributed by atoms with Gasteiger partial charge in [0, 0.05) is 13.0 Å². The molecule has 0 aromatic heterocycles. The molecule has 0 atom stereocenters. The van der Waals surface area contributed by atoms with Crippen LogP contribution in [0.25, 0.3) is 0 Å². The largest absolute Gasteiger partial charge is 0.435 e. The Morgan fingerprint density at radius 3 is 1.62 bits per heavy atom. The van der Waals surface area contributed by atoms with Crippen molar-refractivity contribution in [1.82, 2.24) is 0 Å². The molecule has 0 fully saturated rings. The van der Waals surface area contributed by atoms with E-state index in [1.807, 2.05) is 0 Å². The highest BCUT2D eigenvalue weighted by molar-refractivity contribution is 14.1.